The lowest BCUT2D eigenvalue weighted by molar-refractivity contribution is 0.238. The van der Waals surface area contributed by atoms with Crippen molar-refractivity contribution >= 4 is 5.69 Å². The van der Waals surface area contributed by atoms with E-state index in [0.717, 1.165) is 18.9 Å². The van der Waals surface area contributed by atoms with Gasteiger partial charge >= 0.3 is 0 Å². The summed E-state index contributed by atoms with van der Waals surface area (Å²) in [5.74, 6) is 0.846. The lowest BCUT2D eigenvalue weighted by atomic mass is 10.3. The predicted octanol–water partition coefficient (Wildman–Crippen LogP) is 1.96. The van der Waals surface area contributed by atoms with Crippen LogP contribution in [0.1, 0.15) is 12.8 Å². The van der Waals surface area contributed by atoms with E-state index in [1.807, 2.05) is 12.1 Å². The zero-order valence-electron chi connectivity index (χ0n) is 9.35. The maximum Gasteiger partial charge on any atom is 0.119 e. The van der Waals surface area contributed by atoms with E-state index in [1.165, 1.54) is 25.9 Å². The molecule has 0 aromatic heterocycles. The summed E-state index contributed by atoms with van der Waals surface area (Å²) < 4.78 is 5.62. The van der Waals surface area contributed by atoms with Gasteiger partial charge < -0.3 is 4.74 Å². The van der Waals surface area contributed by atoms with Gasteiger partial charge in [0.2, 0.25) is 0 Å². The third-order valence-corrected chi connectivity index (χ3v) is 2.86. The van der Waals surface area contributed by atoms with E-state index in [-0.39, 0.29) is 0 Å². The molecule has 1 aromatic carbocycles. The topological polar surface area (TPSA) is 44.7 Å². The van der Waals surface area contributed by atoms with Gasteiger partial charge in [-0.2, -0.15) is 0 Å². The number of benzene rings is 1. The average Bonchev–Trinajstić information content (AvgIpc) is 2.83. The van der Waals surface area contributed by atoms with Gasteiger partial charge in [0.05, 0.1) is 5.69 Å². The van der Waals surface area contributed by atoms with Crippen molar-refractivity contribution in [3.8, 4) is 5.75 Å². The van der Waals surface area contributed by atoms with Crippen LogP contribution in [0.15, 0.2) is 24.3 Å². The highest BCUT2D eigenvalue weighted by Crippen LogP contribution is 2.15. The smallest absolute Gasteiger partial charge is 0.119 e. The summed E-state index contributed by atoms with van der Waals surface area (Å²) in [7, 11) is 0. The van der Waals surface area contributed by atoms with Crippen molar-refractivity contribution in [2.24, 2.45) is 0 Å². The summed E-state index contributed by atoms with van der Waals surface area (Å²) in [6.45, 7) is 4.14. The van der Waals surface area contributed by atoms with Crippen molar-refractivity contribution in [3.05, 3.63) is 24.3 Å². The molecule has 1 fully saturated rings. The monoisotopic (exact) mass is 222 g/mol. The van der Waals surface area contributed by atoms with Crippen LogP contribution in [0.25, 0.3) is 0 Å². The Morgan fingerprint density at radius 1 is 1.19 bits per heavy atom. The summed E-state index contributed by atoms with van der Waals surface area (Å²) >= 11 is 0. The Morgan fingerprint density at radius 2 is 1.88 bits per heavy atom. The second-order valence-corrected chi connectivity index (χ2v) is 4.03. The Labute approximate surface area is 95.8 Å². The molecule has 88 valence electrons. The minimum absolute atomic E-state index is 0.673. The van der Waals surface area contributed by atoms with Crippen LogP contribution in [-0.2, 0) is 0 Å². The van der Waals surface area contributed by atoms with Crippen molar-refractivity contribution in [2.45, 2.75) is 12.8 Å². The van der Waals surface area contributed by atoms with Gasteiger partial charge in [-0.15, -0.1) is 0 Å². The number of nitrogens with zero attached hydrogens (tertiary/aromatic N) is 1. The molecule has 0 unspecified atom stereocenters. The third kappa shape index (κ3) is 3.12. The lowest BCUT2D eigenvalue weighted by Gasteiger charge is -2.14. The molecule has 4 heteroatoms. The van der Waals surface area contributed by atoms with E-state index in [2.05, 4.69) is 10.4 Å². The highest BCUT2D eigenvalue weighted by atomic mass is 16.5. The first-order valence-corrected chi connectivity index (χ1v) is 5.74. The molecule has 1 heterocycles. The van der Waals surface area contributed by atoms with E-state index in [0.29, 0.717) is 5.69 Å². The van der Waals surface area contributed by atoms with Gasteiger partial charge in [-0.1, -0.05) is 0 Å². The molecule has 2 N–H and O–H groups in total. The van der Waals surface area contributed by atoms with E-state index < -0.39 is 0 Å². The Balaban J connectivity index is 1.71. The van der Waals surface area contributed by atoms with Crippen LogP contribution < -0.4 is 10.2 Å². The molecule has 16 heavy (non-hydrogen) atoms. The maximum atomic E-state index is 8.65. The van der Waals surface area contributed by atoms with E-state index in [4.69, 9.17) is 9.94 Å². The number of anilines is 1. The van der Waals surface area contributed by atoms with Crippen molar-refractivity contribution in [3.63, 3.8) is 0 Å². The zero-order valence-corrected chi connectivity index (χ0v) is 9.35. The normalized spacial score (nSPS) is 16.3. The molecule has 0 saturated carbocycles. The summed E-state index contributed by atoms with van der Waals surface area (Å²) in [5.41, 5.74) is 2.76. The SMILES string of the molecule is ONc1ccc(OCCN2CCCC2)cc1. The molecule has 4 nitrogen and oxygen atoms in total. The number of hydrogen-bond acceptors (Lipinski definition) is 4. The molecule has 1 aliphatic heterocycles. The first-order chi connectivity index (χ1) is 7.88. The molecular weight excluding hydrogens is 204 g/mol. The Kier molecular flexibility index (Phi) is 4.02. The molecule has 0 bridgehead atoms. The molecular formula is C12H18N2O2. The van der Waals surface area contributed by atoms with Gasteiger partial charge in [-0.25, -0.2) is 0 Å². The zero-order chi connectivity index (χ0) is 11.2. The summed E-state index contributed by atoms with van der Waals surface area (Å²) in [5, 5.41) is 8.65. The average molecular weight is 222 g/mol. The van der Waals surface area contributed by atoms with Crippen LogP contribution in [0.3, 0.4) is 0 Å². The van der Waals surface area contributed by atoms with Crippen LogP contribution >= 0.6 is 0 Å². The molecule has 1 aliphatic rings. The first-order valence-electron chi connectivity index (χ1n) is 5.74. The second kappa shape index (κ2) is 5.72. The minimum atomic E-state index is 0.673. The number of likely N-dealkylation sites (tertiary alicyclic amines) is 1. The number of ether oxygens (including phenoxy) is 1. The number of nitrogens with one attached hydrogen (secondary N) is 1. The predicted molar refractivity (Wildman–Crippen MR) is 63.0 cm³/mol. The molecule has 0 aliphatic carbocycles. The van der Waals surface area contributed by atoms with Crippen LogP contribution in [0, 0.1) is 0 Å². The largest absolute Gasteiger partial charge is 0.492 e. The quantitative estimate of drug-likeness (QED) is 0.748. The fourth-order valence-corrected chi connectivity index (χ4v) is 1.92. The molecule has 0 spiro atoms. The molecule has 1 aromatic rings. The standard InChI is InChI=1S/C12H18N2O2/c15-13-11-3-5-12(6-4-11)16-10-9-14-7-1-2-8-14/h3-6,13,15H,1-2,7-10H2. The first kappa shape index (κ1) is 11.2. The van der Waals surface area contributed by atoms with Crippen molar-refractivity contribution in [2.75, 3.05) is 31.7 Å². The highest BCUT2D eigenvalue weighted by Gasteiger charge is 2.10. The molecule has 2 rings (SSSR count). The van der Waals surface area contributed by atoms with E-state index in [1.54, 1.807) is 12.1 Å². The number of hydrogen-bond donors (Lipinski definition) is 2. The maximum absolute atomic E-state index is 8.65. The summed E-state index contributed by atoms with van der Waals surface area (Å²) in [6, 6.07) is 7.27. The van der Waals surface area contributed by atoms with Gasteiger partial charge in [-0.05, 0) is 50.2 Å². The van der Waals surface area contributed by atoms with Crippen molar-refractivity contribution < 1.29 is 9.94 Å². The van der Waals surface area contributed by atoms with Gasteiger partial charge in [0.15, 0.2) is 0 Å². The van der Waals surface area contributed by atoms with E-state index in [9.17, 15) is 0 Å². The molecule has 1 saturated heterocycles. The van der Waals surface area contributed by atoms with Crippen molar-refractivity contribution in [1.29, 1.82) is 0 Å². The Hall–Kier alpha value is -1.26. The van der Waals surface area contributed by atoms with Crippen LogP contribution in [0.5, 0.6) is 5.75 Å². The lowest BCUT2D eigenvalue weighted by Crippen LogP contribution is -2.25. The number of rotatable bonds is 5. The highest BCUT2D eigenvalue weighted by molar-refractivity contribution is 5.44. The summed E-state index contributed by atoms with van der Waals surface area (Å²) in [4.78, 5) is 2.42. The fourth-order valence-electron chi connectivity index (χ4n) is 1.92. The fraction of sp³-hybridized carbons (Fsp3) is 0.500. The van der Waals surface area contributed by atoms with Gasteiger partial charge in [-0.3, -0.25) is 15.6 Å². The van der Waals surface area contributed by atoms with E-state index >= 15 is 0 Å². The van der Waals surface area contributed by atoms with Crippen LogP contribution in [0.4, 0.5) is 5.69 Å². The van der Waals surface area contributed by atoms with Gasteiger partial charge in [0.1, 0.15) is 12.4 Å². The Morgan fingerprint density at radius 3 is 2.50 bits per heavy atom. The van der Waals surface area contributed by atoms with Crippen LogP contribution in [0.2, 0.25) is 0 Å². The summed E-state index contributed by atoms with van der Waals surface area (Å²) in [6.07, 6.45) is 2.63. The second-order valence-electron chi connectivity index (χ2n) is 4.03. The van der Waals surface area contributed by atoms with Gasteiger partial charge in [0.25, 0.3) is 0 Å². The molecule has 0 radical (unpaired) electrons. The molecule has 0 atom stereocenters. The van der Waals surface area contributed by atoms with Gasteiger partial charge in [0, 0.05) is 6.54 Å². The van der Waals surface area contributed by atoms with Crippen molar-refractivity contribution in [1.82, 2.24) is 4.90 Å². The Bertz CT molecular complexity index is 307. The third-order valence-electron chi connectivity index (χ3n) is 2.86. The molecule has 0 amide bonds. The van der Waals surface area contributed by atoms with Crippen LogP contribution in [-0.4, -0.2) is 36.3 Å². The minimum Gasteiger partial charge on any atom is -0.492 e.